The number of fused-ring (bicyclic) bond motifs is 1. The van der Waals surface area contributed by atoms with E-state index in [0.717, 1.165) is 10.9 Å². The highest BCUT2D eigenvalue weighted by Gasteiger charge is 2.17. The van der Waals surface area contributed by atoms with Crippen LogP contribution in [0.25, 0.3) is 11.0 Å². The first kappa shape index (κ1) is 13.2. The van der Waals surface area contributed by atoms with E-state index in [1.165, 1.54) is 12.1 Å². The van der Waals surface area contributed by atoms with Gasteiger partial charge in [0.05, 0.1) is 5.02 Å². The molecule has 0 saturated carbocycles. The Labute approximate surface area is 120 Å². The van der Waals surface area contributed by atoms with Crippen LogP contribution in [0.1, 0.15) is 23.0 Å². The van der Waals surface area contributed by atoms with Crippen molar-refractivity contribution in [2.45, 2.75) is 13.0 Å². The zero-order chi connectivity index (χ0) is 14.3. The standard InChI is InChI=1S/C16H12ClFO2/c1-9-5-11(7-12(18)6-9)15(19)14-8-10-3-2-4-13(17)16(10)20-14/h2-8,15,19H,1H3. The van der Waals surface area contributed by atoms with Gasteiger partial charge in [0, 0.05) is 5.39 Å². The van der Waals surface area contributed by atoms with E-state index in [0.29, 0.717) is 21.9 Å². The number of benzene rings is 2. The molecule has 1 heterocycles. The van der Waals surface area contributed by atoms with Crippen molar-refractivity contribution in [2.75, 3.05) is 0 Å². The summed E-state index contributed by atoms with van der Waals surface area (Å²) in [5, 5.41) is 11.6. The van der Waals surface area contributed by atoms with Crippen LogP contribution in [0.15, 0.2) is 46.9 Å². The van der Waals surface area contributed by atoms with Gasteiger partial charge in [-0.2, -0.15) is 0 Å². The van der Waals surface area contributed by atoms with E-state index in [9.17, 15) is 9.50 Å². The summed E-state index contributed by atoms with van der Waals surface area (Å²) in [6.45, 7) is 1.77. The molecule has 1 N–H and O–H groups in total. The van der Waals surface area contributed by atoms with Crippen LogP contribution >= 0.6 is 11.6 Å². The third-order valence-electron chi connectivity index (χ3n) is 3.16. The Morgan fingerprint density at radius 1 is 1.20 bits per heavy atom. The van der Waals surface area contributed by atoms with Crippen molar-refractivity contribution >= 4 is 22.6 Å². The second kappa shape index (κ2) is 4.93. The van der Waals surface area contributed by atoms with Crippen molar-refractivity contribution in [3.05, 3.63) is 70.2 Å². The lowest BCUT2D eigenvalue weighted by Gasteiger charge is -2.09. The number of rotatable bonds is 2. The van der Waals surface area contributed by atoms with Gasteiger partial charge < -0.3 is 9.52 Å². The maximum atomic E-state index is 13.4. The summed E-state index contributed by atoms with van der Waals surface area (Å²) in [4.78, 5) is 0. The monoisotopic (exact) mass is 290 g/mol. The van der Waals surface area contributed by atoms with E-state index in [1.54, 1.807) is 25.1 Å². The molecule has 0 fully saturated rings. The third-order valence-corrected chi connectivity index (χ3v) is 3.46. The minimum absolute atomic E-state index is 0.345. The van der Waals surface area contributed by atoms with Gasteiger partial charge in [-0.05, 0) is 42.3 Å². The summed E-state index contributed by atoms with van der Waals surface area (Å²) in [5.41, 5.74) is 1.72. The summed E-state index contributed by atoms with van der Waals surface area (Å²) in [6.07, 6.45) is -1.02. The quantitative estimate of drug-likeness (QED) is 0.747. The number of hydrogen-bond acceptors (Lipinski definition) is 2. The predicted octanol–water partition coefficient (Wildman–Crippen LogP) is 4.62. The highest BCUT2D eigenvalue weighted by Crippen LogP contribution is 2.32. The molecule has 102 valence electrons. The molecule has 0 saturated heterocycles. The van der Waals surface area contributed by atoms with Crippen molar-refractivity contribution in [3.8, 4) is 0 Å². The number of aryl methyl sites for hydroxylation is 1. The van der Waals surface area contributed by atoms with Crippen molar-refractivity contribution < 1.29 is 13.9 Å². The molecule has 3 aromatic rings. The smallest absolute Gasteiger partial charge is 0.153 e. The molecule has 1 unspecified atom stereocenters. The van der Waals surface area contributed by atoms with Gasteiger partial charge in [-0.1, -0.05) is 29.8 Å². The first-order valence-electron chi connectivity index (χ1n) is 6.18. The van der Waals surface area contributed by atoms with Gasteiger partial charge in [0.2, 0.25) is 0 Å². The van der Waals surface area contributed by atoms with E-state index in [-0.39, 0.29) is 5.82 Å². The SMILES string of the molecule is Cc1cc(F)cc(C(O)c2cc3cccc(Cl)c3o2)c1. The number of aliphatic hydroxyl groups is 1. The van der Waals surface area contributed by atoms with E-state index in [4.69, 9.17) is 16.0 Å². The fourth-order valence-corrected chi connectivity index (χ4v) is 2.49. The van der Waals surface area contributed by atoms with E-state index < -0.39 is 6.10 Å². The minimum Gasteiger partial charge on any atom is -0.456 e. The average Bonchev–Trinajstić information content (AvgIpc) is 2.82. The molecule has 2 nitrogen and oxygen atoms in total. The van der Waals surface area contributed by atoms with Crippen molar-refractivity contribution in [2.24, 2.45) is 0 Å². The van der Waals surface area contributed by atoms with Crippen LogP contribution in [0.5, 0.6) is 0 Å². The molecule has 4 heteroatoms. The lowest BCUT2D eigenvalue weighted by atomic mass is 10.0. The largest absolute Gasteiger partial charge is 0.456 e. The van der Waals surface area contributed by atoms with E-state index >= 15 is 0 Å². The number of para-hydroxylation sites is 1. The van der Waals surface area contributed by atoms with Gasteiger partial charge in [-0.15, -0.1) is 0 Å². The Kier molecular flexibility index (Phi) is 3.24. The molecule has 1 aromatic heterocycles. The summed E-state index contributed by atoms with van der Waals surface area (Å²) in [5.74, 6) is -0.0358. The number of aliphatic hydroxyl groups excluding tert-OH is 1. The van der Waals surface area contributed by atoms with Gasteiger partial charge >= 0.3 is 0 Å². The van der Waals surface area contributed by atoms with Crippen molar-refractivity contribution in [1.82, 2.24) is 0 Å². The fourth-order valence-electron chi connectivity index (χ4n) is 2.27. The molecule has 0 aliphatic carbocycles. The highest BCUT2D eigenvalue weighted by atomic mass is 35.5. The molecule has 0 radical (unpaired) electrons. The summed E-state index contributed by atoms with van der Waals surface area (Å²) in [6, 6.07) is 11.5. The van der Waals surface area contributed by atoms with Crippen LogP contribution in [0, 0.1) is 12.7 Å². The topological polar surface area (TPSA) is 33.4 Å². The molecule has 0 aliphatic rings. The Morgan fingerprint density at radius 2 is 2.00 bits per heavy atom. The van der Waals surface area contributed by atoms with Crippen molar-refractivity contribution in [1.29, 1.82) is 0 Å². The van der Waals surface area contributed by atoms with Crippen LogP contribution in [0.2, 0.25) is 5.02 Å². The van der Waals surface area contributed by atoms with Crippen LogP contribution in [-0.2, 0) is 0 Å². The molecule has 20 heavy (non-hydrogen) atoms. The number of furan rings is 1. The second-order valence-electron chi connectivity index (χ2n) is 4.77. The second-order valence-corrected chi connectivity index (χ2v) is 5.18. The van der Waals surface area contributed by atoms with Crippen molar-refractivity contribution in [3.63, 3.8) is 0 Å². The summed E-state index contributed by atoms with van der Waals surface area (Å²) >= 11 is 6.04. The first-order valence-corrected chi connectivity index (χ1v) is 6.55. The highest BCUT2D eigenvalue weighted by molar-refractivity contribution is 6.34. The molecule has 0 aliphatic heterocycles. The maximum absolute atomic E-state index is 13.4. The number of hydrogen-bond donors (Lipinski definition) is 1. The van der Waals surface area contributed by atoms with Gasteiger partial charge in [-0.3, -0.25) is 0 Å². The van der Waals surface area contributed by atoms with Gasteiger partial charge in [0.1, 0.15) is 17.7 Å². The molecular formula is C16H12ClFO2. The minimum atomic E-state index is -1.02. The zero-order valence-corrected chi connectivity index (χ0v) is 11.5. The molecule has 1 atom stereocenters. The van der Waals surface area contributed by atoms with E-state index in [2.05, 4.69) is 0 Å². The normalized spacial score (nSPS) is 12.8. The third kappa shape index (κ3) is 2.30. The average molecular weight is 291 g/mol. The summed E-state index contributed by atoms with van der Waals surface area (Å²) < 4.78 is 19.0. The Bertz CT molecular complexity index is 759. The predicted molar refractivity (Wildman–Crippen MR) is 76.4 cm³/mol. The van der Waals surface area contributed by atoms with E-state index in [1.807, 2.05) is 12.1 Å². The Morgan fingerprint density at radius 3 is 2.70 bits per heavy atom. The van der Waals surface area contributed by atoms with Gasteiger partial charge in [0.25, 0.3) is 0 Å². The first-order chi connectivity index (χ1) is 9.54. The van der Waals surface area contributed by atoms with Gasteiger partial charge in [-0.25, -0.2) is 4.39 Å². The van der Waals surface area contributed by atoms with Crippen LogP contribution in [0.4, 0.5) is 4.39 Å². The van der Waals surface area contributed by atoms with Crippen LogP contribution in [0.3, 0.4) is 0 Å². The molecule has 2 aromatic carbocycles. The lowest BCUT2D eigenvalue weighted by molar-refractivity contribution is 0.192. The Hall–Kier alpha value is -1.84. The molecule has 0 bridgehead atoms. The lowest BCUT2D eigenvalue weighted by Crippen LogP contribution is -1.99. The molecular weight excluding hydrogens is 279 g/mol. The number of halogens is 2. The maximum Gasteiger partial charge on any atom is 0.153 e. The fraction of sp³-hybridized carbons (Fsp3) is 0.125. The van der Waals surface area contributed by atoms with Crippen LogP contribution < -0.4 is 0 Å². The summed E-state index contributed by atoms with van der Waals surface area (Å²) in [7, 11) is 0. The van der Waals surface area contributed by atoms with Crippen LogP contribution in [-0.4, -0.2) is 5.11 Å². The zero-order valence-electron chi connectivity index (χ0n) is 10.7. The molecule has 0 spiro atoms. The molecule has 0 amide bonds. The van der Waals surface area contributed by atoms with Gasteiger partial charge in [0.15, 0.2) is 5.58 Å². The Balaban J connectivity index is 2.07. The molecule has 3 rings (SSSR count).